The number of hydrogen-bond donors (Lipinski definition) is 2. The highest BCUT2D eigenvalue weighted by molar-refractivity contribution is 6.04. The maximum Gasteiger partial charge on any atom is 0.315 e. The van der Waals surface area contributed by atoms with Crippen molar-refractivity contribution in [2.45, 2.75) is 26.7 Å². The number of nitrogens with zero attached hydrogens (tertiary/aromatic N) is 3. The highest BCUT2D eigenvalue weighted by Gasteiger charge is 2.10. The van der Waals surface area contributed by atoms with Gasteiger partial charge in [-0.3, -0.25) is 4.79 Å². The maximum atomic E-state index is 12.2. The predicted octanol–water partition coefficient (Wildman–Crippen LogP) is 4.52. The summed E-state index contributed by atoms with van der Waals surface area (Å²) < 4.78 is 5.70. The molecule has 1 heterocycles. The summed E-state index contributed by atoms with van der Waals surface area (Å²) in [5.74, 6) is 0.301. The minimum Gasteiger partial charge on any atom is -0.403 e. The first-order valence-corrected chi connectivity index (χ1v) is 10.5. The van der Waals surface area contributed by atoms with Gasteiger partial charge in [0, 0.05) is 23.4 Å². The van der Waals surface area contributed by atoms with Crippen LogP contribution in [0.3, 0.4) is 0 Å². The van der Waals surface area contributed by atoms with Gasteiger partial charge in [-0.05, 0) is 68.9 Å². The lowest BCUT2D eigenvalue weighted by atomic mass is 10.2. The van der Waals surface area contributed by atoms with E-state index in [1.165, 1.54) is 0 Å². The Kier molecular flexibility index (Phi) is 7.97. The summed E-state index contributed by atoms with van der Waals surface area (Å²) in [4.78, 5) is 14.6. The molecule has 0 aliphatic rings. The Morgan fingerprint density at radius 1 is 0.967 bits per heavy atom. The second-order valence-electron chi connectivity index (χ2n) is 6.97. The van der Waals surface area contributed by atoms with Gasteiger partial charge < -0.3 is 20.0 Å². The van der Waals surface area contributed by atoms with Gasteiger partial charge in [-0.15, -0.1) is 5.10 Å². The predicted molar refractivity (Wildman–Crippen MR) is 120 cm³/mol. The van der Waals surface area contributed by atoms with E-state index >= 15 is 0 Å². The average molecular weight is 408 g/mol. The molecule has 1 amide bonds. The number of aromatic nitrogens is 2. The molecule has 158 valence electrons. The molecule has 1 aromatic heterocycles. The minimum absolute atomic E-state index is 0.145. The summed E-state index contributed by atoms with van der Waals surface area (Å²) in [6.45, 7) is 8.46. The Morgan fingerprint density at radius 3 is 2.40 bits per heavy atom. The standard InChI is InChI=1S/C23H29N5O2/c1-3-28(4-2)17-9-8-16-24-23-27-26-22(30-23)19-12-14-20(15-13-19)25-21(29)18-10-6-5-7-11-18/h5-7,10-15H,3-4,8-9,16-17H2,1-2H3,(H,24,27)(H,25,29). The quantitative estimate of drug-likeness (QED) is 0.455. The maximum absolute atomic E-state index is 12.2. The van der Waals surface area contributed by atoms with Crippen molar-refractivity contribution in [2.24, 2.45) is 0 Å². The molecule has 3 aromatic rings. The van der Waals surface area contributed by atoms with Crippen LogP contribution in [-0.2, 0) is 0 Å². The Bertz CT molecular complexity index is 905. The molecule has 2 N–H and O–H groups in total. The summed E-state index contributed by atoms with van der Waals surface area (Å²) in [5.41, 5.74) is 2.12. The fourth-order valence-electron chi connectivity index (χ4n) is 3.10. The smallest absolute Gasteiger partial charge is 0.315 e. The SMILES string of the molecule is CCN(CC)CCCCNc1nnc(-c2ccc(NC(=O)c3ccccc3)cc2)o1. The van der Waals surface area contributed by atoms with Gasteiger partial charge in [-0.25, -0.2) is 0 Å². The molecular formula is C23H29N5O2. The van der Waals surface area contributed by atoms with Gasteiger partial charge in [0.15, 0.2) is 0 Å². The van der Waals surface area contributed by atoms with Crippen molar-refractivity contribution < 1.29 is 9.21 Å². The third kappa shape index (κ3) is 6.15. The zero-order chi connectivity index (χ0) is 21.2. The van der Waals surface area contributed by atoms with Crippen molar-refractivity contribution in [3.8, 4) is 11.5 Å². The van der Waals surface area contributed by atoms with Crippen molar-refractivity contribution in [3.63, 3.8) is 0 Å². The molecule has 0 fully saturated rings. The third-order valence-electron chi connectivity index (χ3n) is 4.92. The highest BCUT2D eigenvalue weighted by atomic mass is 16.4. The molecule has 0 radical (unpaired) electrons. The summed E-state index contributed by atoms with van der Waals surface area (Å²) >= 11 is 0. The number of benzene rings is 2. The van der Waals surface area contributed by atoms with Gasteiger partial charge in [-0.2, -0.15) is 0 Å². The van der Waals surface area contributed by atoms with Crippen molar-refractivity contribution in [2.75, 3.05) is 36.8 Å². The normalized spacial score (nSPS) is 10.9. The molecule has 0 saturated carbocycles. The van der Waals surface area contributed by atoms with Crippen LogP contribution in [0.2, 0.25) is 0 Å². The number of carbonyl (C=O) groups is 1. The van der Waals surface area contributed by atoms with Gasteiger partial charge in [0.05, 0.1) is 0 Å². The number of nitrogens with one attached hydrogen (secondary N) is 2. The van der Waals surface area contributed by atoms with Gasteiger partial charge in [0.2, 0.25) is 5.89 Å². The average Bonchev–Trinajstić information content (AvgIpc) is 3.26. The van der Waals surface area contributed by atoms with Gasteiger partial charge >= 0.3 is 6.01 Å². The first kappa shape index (κ1) is 21.5. The van der Waals surface area contributed by atoms with Gasteiger partial charge in [-0.1, -0.05) is 37.1 Å². The highest BCUT2D eigenvalue weighted by Crippen LogP contribution is 2.22. The number of anilines is 2. The number of carbonyl (C=O) groups excluding carboxylic acids is 1. The third-order valence-corrected chi connectivity index (χ3v) is 4.92. The van der Waals surface area contributed by atoms with Crippen LogP contribution in [0.25, 0.3) is 11.5 Å². The first-order valence-electron chi connectivity index (χ1n) is 10.5. The Morgan fingerprint density at radius 2 is 1.70 bits per heavy atom. The largest absolute Gasteiger partial charge is 0.403 e. The molecule has 3 rings (SSSR count). The summed E-state index contributed by atoms with van der Waals surface area (Å²) in [7, 11) is 0. The van der Waals surface area contributed by atoms with Crippen molar-refractivity contribution in [1.82, 2.24) is 15.1 Å². The van der Waals surface area contributed by atoms with E-state index in [1.807, 2.05) is 42.5 Å². The van der Waals surface area contributed by atoms with E-state index in [2.05, 4.69) is 39.6 Å². The van der Waals surface area contributed by atoms with Crippen molar-refractivity contribution >= 4 is 17.6 Å². The minimum atomic E-state index is -0.145. The van der Waals surface area contributed by atoms with E-state index in [4.69, 9.17) is 4.42 Å². The zero-order valence-corrected chi connectivity index (χ0v) is 17.6. The lowest BCUT2D eigenvalue weighted by Crippen LogP contribution is -2.24. The fourth-order valence-corrected chi connectivity index (χ4v) is 3.10. The molecule has 0 saturated heterocycles. The Labute approximate surface area is 177 Å². The van der Waals surface area contributed by atoms with E-state index in [9.17, 15) is 4.79 Å². The van der Waals surface area contributed by atoms with Crippen molar-refractivity contribution in [1.29, 1.82) is 0 Å². The lowest BCUT2D eigenvalue weighted by molar-refractivity contribution is 0.102. The van der Waals surface area contributed by atoms with Crippen LogP contribution in [0.5, 0.6) is 0 Å². The molecule has 0 bridgehead atoms. The molecule has 2 aromatic carbocycles. The van der Waals surface area contributed by atoms with E-state index in [0.717, 1.165) is 44.6 Å². The summed E-state index contributed by atoms with van der Waals surface area (Å²) in [5, 5.41) is 14.2. The van der Waals surface area contributed by atoms with Crippen LogP contribution in [0, 0.1) is 0 Å². The molecular weight excluding hydrogens is 378 g/mol. The van der Waals surface area contributed by atoms with Crippen LogP contribution in [0.1, 0.15) is 37.0 Å². The van der Waals surface area contributed by atoms with Crippen LogP contribution >= 0.6 is 0 Å². The van der Waals surface area contributed by atoms with E-state index in [0.29, 0.717) is 23.2 Å². The molecule has 7 heteroatoms. The Balaban J connectivity index is 1.47. The second kappa shape index (κ2) is 11.1. The zero-order valence-electron chi connectivity index (χ0n) is 17.6. The fraction of sp³-hybridized carbons (Fsp3) is 0.348. The van der Waals surface area contributed by atoms with Crippen LogP contribution in [0.4, 0.5) is 11.7 Å². The second-order valence-corrected chi connectivity index (χ2v) is 6.97. The molecule has 7 nitrogen and oxygen atoms in total. The molecule has 0 spiro atoms. The summed E-state index contributed by atoms with van der Waals surface area (Å²) in [6, 6.07) is 16.9. The van der Waals surface area contributed by atoms with Gasteiger partial charge in [0.1, 0.15) is 0 Å². The molecule has 30 heavy (non-hydrogen) atoms. The first-order chi connectivity index (χ1) is 14.7. The van der Waals surface area contributed by atoms with Crippen molar-refractivity contribution in [3.05, 3.63) is 60.2 Å². The van der Waals surface area contributed by atoms with E-state index < -0.39 is 0 Å². The molecule has 0 aliphatic carbocycles. The molecule has 0 aliphatic heterocycles. The van der Waals surface area contributed by atoms with Crippen LogP contribution in [-0.4, -0.2) is 47.2 Å². The van der Waals surface area contributed by atoms with E-state index in [1.54, 1.807) is 12.1 Å². The monoisotopic (exact) mass is 407 g/mol. The number of hydrogen-bond acceptors (Lipinski definition) is 6. The van der Waals surface area contributed by atoms with Crippen LogP contribution in [0.15, 0.2) is 59.0 Å². The Hall–Kier alpha value is -3.19. The number of unbranched alkanes of at least 4 members (excludes halogenated alkanes) is 1. The van der Waals surface area contributed by atoms with Gasteiger partial charge in [0.25, 0.3) is 5.91 Å². The molecule has 0 atom stereocenters. The molecule has 0 unspecified atom stereocenters. The number of amides is 1. The lowest BCUT2D eigenvalue weighted by Gasteiger charge is -2.17. The topological polar surface area (TPSA) is 83.3 Å². The summed E-state index contributed by atoms with van der Waals surface area (Å²) in [6.07, 6.45) is 2.18. The van der Waals surface area contributed by atoms with Crippen LogP contribution < -0.4 is 10.6 Å². The number of rotatable bonds is 11. The van der Waals surface area contributed by atoms with E-state index in [-0.39, 0.29) is 5.91 Å².